The fraction of sp³-hybridized carbons (Fsp3) is 0.364. The molecule has 1 amide bonds. The summed E-state index contributed by atoms with van der Waals surface area (Å²) < 4.78 is 29.1. The molecule has 10 heteroatoms. The first-order chi connectivity index (χ1) is 15.4. The predicted molar refractivity (Wildman–Crippen MR) is 115 cm³/mol. The zero-order valence-electron chi connectivity index (χ0n) is 17.2. The molecule has 0 saturated carbocycles. The number of hydrogen-bond donors (Lipinski definition) is 2. The standard InChI is InChI=1S/C22H23F2N5O2S/c23-22(24,15-4-2-1-3-5-15)19(30)11-6-16-7-13-21(31)29(16)14-18-9-8-17(32-18)10-12-20-25-27-28-26-20/h1-6,8-9,11,16,19,30H,7,10,12-14H2,(H,25,26,27,28)/b11-6+/t16-,19?/m0/s1. The van der Waals surface area contributed by atoms with Crippen LogP contribution in [0.4, 0.5) is 8.78 Å². The third kappa shape index (κ3) is 5.08. The number of halogens is 2. The molecule has 3 heterocycles. The number of tetrazole rings is 1. The molecule has 0 aliphatic carbocycles. The smallest absolute Gasteiger partial charge is 0.302 e. The van der Waals surface area contributed by atoms with Gasteiger partial charge in [0.15, 0.2) is 0 Å². The molecule has 7 nitrogen and oxygen atoms in total. The summed E-state index contributed by atoms with van der Waals surface area (Å²) in [6.45, 7) is 0.410. The van der Waals surface area contributed by atoms with E-state index in [0.717, 1.165) is 22.3 Å². The summed E-state index contributed by atoms with van der Waals surface area (Å²) in [5.41, 5.74) is -0.247. The largest absolute Gasteiger partial charge is 0.382 e. The third-order valence-corrected chi connectivity index (χ3v) is 6.59. The molecular formula is C22H23F2N5O2S. The van der Waals surface area contributed by atoms with E-state index in [1.54, 1.807) is 22.3 Å². The SMILES string of the molecule is O=C1CC[C@H](/C=C/C(O)C(F)(F)c2ccccc2)N1Cc1ccc(CCc2nnn[nH]2)s1. The van der Waals surface area contributed by atoms with Crippen LogP contribution in [0.3, 0.4) is 0 Å². The fourth-order valence-electron chi connectivity index (χ4n) is 3.68. The molecule has 1 fully saturated rings. The number of aliphatic hydroxyl groups is 1. The van der Waals surface area contributed by atoms with Crippen LogP contribution in [0.1, 0.15) is 34.0 Å². The van der Waals surface area contributed by atoms with Gasteiger partial charge in [-0.15, -0.1) is 16.4 Å². The van der Waals surface area contributed by atoms with Gasteiger partial charge in [0.2, 0.25) is 5.91 Å². The highest BCUT2D eigenvalue weighted by molar-refractivity contribution is 7.11. The molecule has 0 radical (unpaired) electrons. The van der Waals surface area contributed by atoms with Crippen LogP contribution in [0.2, 0.25) is 0 Å². The van der Waals surface area contributed by atoms with Crippen molar-refractivity contribution in [2.75, 3.05) is 0 Å². The molecule has 0 bridgehead atoms. The Balaban J connectivity index is 1.38. The average Bonchev–Trinajstić information content (AvgIpc) is 3.55. The normalized spacial score (nSPS) is 18.0. The summed E-state index contributed by atoms with van der Waals surface area (Å²) in [6.07, 6.45) is 3.02. The fourth-order valence-corrected chi connectivity index (χ4v) is 4.70. The van der Waals surface area contributed by atoms with Crippen LogP contribution in [0.15, 0.2) is 54.6 Å². The highest BCUT2D eigenvalue weighted by Gasteiger charge is 2.39. The lowest BCUT2D eigenvalue weighted by atomic mass is 10.0. The second-order valence-corrected chi connectivity index (χ2v) is 8.92. The molecular weight excluding hydrogens is 436 g/mol. The molecule has 0 spiro atoms. The Morgan fingerprint density at radius 2 is 2.00 bits per heavy atom. The first-order valence-electron chi connectivity index (χ1n) is 10.3. The van der Waals surface area contributed by atoms with Crippen LogP contribution in [0, 0.1) is 0 Å². The van der Waals surface area contributed by atoms with E-state index in [9.17, 15) is 18.7 Å². The van der Waals surface area contributed by atoms with Crippen molar-refractivity contribution in [2.24, 2.45) is 0 Å². The number of alkyl halides is 2. The van der Waals surface area contributed by atoms with Gasteiger partial charge in [0, 0.05) is 28.2 Å². The molecule has 2 N–H and O–H groups in total. The first-order valence-corrected chi connectivity index (χ1v) is 11.1. The molecule has 32 heavy (non-hydrogen) atoms. The Kier molecular flexibility index (Phi) is 6.71. The van der Waals surface area contributed by atoms with Gasteiger partial charge in [-0.05, 0) is 35.4 Å². The van der Waals surface area contributed by atoms with E-state index in [2.05, 4.69) is 20.6 Å². The summed E-state index contributed by atoms with van der Waals surface area (Å²) in [5.74, 6) is -2.72. The Bertz CT molecular complexity index is 1060. The second-order valence-electron chi connectivity index (χ2n) is 7.66. The molecule has 168 valence electrons. The number of thiophene rings is 1. The van der Waals surface area contributed by atoms with Crippen molar-refractivity contribution >= 4 is 17.2 Å². The summed E-state index contributed by atoms with van der Waals surface area (Å²) in [6, 6.07) is 10.9. The summed E-state index contributed by atoms with van der Waals surface area (Å²) >= 11 is 1.60. The maximum Gasteiger partial charge on any atom is 0.302 e. The van der Waals surface area contributed by atoms with Gasteiger partial charge in [0.05, 0.1) is 12.6 Å². The maximum atomic E-state index is 14.5. The van der Waals surface area contributed by atoms with Gasteiger partial charge < -0.3 is 10.0 Å². The molecule has 2 aromatic heterocycles. The van der Waals surface area contributed by atoms with E-state index in [0.29, 0.717) is 31.6 Å². The van der Waals surface area contributed by atoms with Gasteiger partial charge in [-0.3, -0.25) is 4.79 Å². The van der Waals surface area contributed by atoms with Gasteiger partial charge in [0.25, 0.3) is 0 Å². The molecule has 1 unspecified atom stereocenters. The number of amides is 1. The molecule has 2 atom stereocenters. The highest BCUT2D eigenvalue weighted by atomic mass is 32.1. The Labute approximate surface area is 187 Å². The number of aromatic nitrogens is 4. The highest BCUT2D eigenvalue weighted by Crippen LogP contribution is 2.33. The number of nitrogens with one attached hydrogen (secondary N) is 1. The van der Waals surface area contributed by atoms with E-state index < -0.39 is 12.0 Å². The van der Waals surface area contributed by atoms with E-state index in [1.807, 2.05) is 12.1 Å². The molecule has 3 aromatic rings. The van der Waals surface area contributed by atoms with Crippen molar-refractivity contribution in [2.45, 2.75) is 50.3 Å². The Morgan fingerprint density at radius 1 is 1.22 bits per heavy atom. The summed E-state index contributed by atoms with van der Waals surface area (Å²) in [5, 5.41) is 23.8. The number of aliphatic hydroxyl groups excluding tert-OH is 1. The maximum absolute atomic E-state index is 14.5. The van der Waals surface area contributed by atoms with E-state index >= 15 is 0 Å². The number of nitrogens with zero attached hydrogens (tertiary/aromatic N) is 4. The van der Waals surface area contributed by atoms with Crippen LogP contribution in [-0.2, 0) is 30.1 Å². The van der Waals surface area contributed by atoms with Crippen molar-refractivity contribution in [3.05, 3.63) is 75.8 Å². The quantitative estimate of drug-likeness (QED) is 0.479. The van der Waals surface area contributed by atoms with Crippen molar-refractivity contribution in [3.63, 3.8) is 0 Å². The number of benzene rings is 1. The van der Waals surface area contributed by atoms with Crippen LogP contribution in [-0.4, -0.2) is 48.7 Å². The molecule has 1 aliphatic rings. The van der Waals surface area contributed by atoms with E-state index in [-0.39, 0.29) is 17.5 Å². The number of rotatable bonds is 9. The minimum absolute atomic E-state index is 0.0216. The van der Waals surface area contributed by atoms with Crippen molar-refractivity contribution in [1.82, 2.24) is 25.5 Å². The molecule has 1 saturated heterocycles. The van der Waals surface area contributed by atoms with Crippen LogP contribution in [0.5, 0.6) is 0 Å². The molecule has 1 aromatic carbocycles. The number of hydrogen-bond acceptors (Lipinski definition) is 6. The number of aromatic amines is 1. The Hall–Kier alpha value is -2.98. The van der Waals surface area contributed by atoms with Gasteiger partial charge in [0.1, 0.15) is 11.9 Å². The number of aryl methyl sites for hydroxylation is 2. The minimum atomic E-state index is -3.41. The van der Waals surface area contributed by atoms with E-state index in [1.165, 1.54) is 30.3 Å². The van der Waals surface area contributed by atoms with Crippen LogP contribution in [0.25, 0.3) is 0 Å². The number of H-pyrrole nitrogens is 1. The number of carbonyl (C=O) groups excluding carboxylic acids is 1. The minimum Gasteiger partial charge on any atom is -0.382 e. The monoisotopic (exact) mass is 459 g/mol. The van der Waals surface area contributed by atoms with Crippen LogP contribution >= 0.6 is 11.3 Å². The van der Waals surface area contributed by atoms with Gasteiger partial charge in [-0.2, -0.15) is 8.78 Å². The topological polar surface area (TPSA) is 95.0 Å². The lowest BCUT2D eigenvalue weighted by Gasteiger charge is -2.24. The molecule has 4 rings (SSSR count). The van der Waals surface area contributed by atoms with Crippen molar-refractivity contribution < 1.29 is 18.7 Å². The zero-order chi connectivity index (χ0) is 22.6. The first kappa shape index (κ1) is 22.2. The van der Waals surface area contributed by atoms with Gasteiger partial charge in [-0.25, -0.2) is 5.10 Å². The third-order valence-electron chi connectivity index (χ3n) is 5.46. The van der Waals surface area contributed by atoms with Crippen molar-refractivity contribution in [3.8, 4) is 0 Å². The summed E-state index contributed by atoms with van der Waals surface area (Å²) in [4.78, 5) is 16.2. The number of carbonyl (C=O) groups is 1. The zero-order valence-corrected chi connectivity index (χ0v) is 18.0. The lowest BCUT2D eigenvalue weighted by molar-refractivity contribution is -0.128. The van der Waals surface area contributed by atoms with Gasteiger partial charge >= 0.3 is 5.92 Å². The predicted octanol–water partition coefficient (Wildman–Crippen LogP) is 3.25. The van der Waals surface area contributed by atoms with E-state index in [4.69, 9.17) is 0 Å². The second kappa shape index (κ2) is 9.66. The molecule has 1 aliphatic heterocycles. The number of likely N-dealkylation sites (tertiary alicyclic amines) is 1. The summed E-state index contributed by atoms with van der Waals surface area (Å²) in [7, 11) is 0. The van der Waals surface area contributed by atoms with Crippen molar-refractivity contribution in [1.29, 1.82) is 0 Å². The van der Waals surface area contributed by atoms with Crippen LogP contribution < -0.4 is 0 Å². The van der Waals surface area contributed by atoms with Gasteiger partial charge in [-0.1, -0.05) is 42.5 Å². The average molecular weight is 460 g/mol. The lowest BCUT2D eigenvalue weighted by Crippen LogP contribution is -2.32. The Morgan fingerprint density at radius 3 is 2.75 bits per heavy atom.